The summed E-state index contributed by atoms with van der Waals surface area (Å²) in [5.41, 5.74) is 1.33. The highest BCUT2D eigenvalue weighted by Gasteiger charge is 2.01. The van der Waals surface area contributed by atoms with Gasteiger partial charge in [-0.25, -0.2) is 0 Å². The summed E-state index contributed by atoms with van der Waals surface area (Å²) in [6, 6.07) is 0. The molecule has 56 valence electrons. The minimum atomic E-state index is 0.734. The van der Waals surface area contributed by atoms with Crippen LogP contribution in [0.3, 0.4) is 0 Å². The van der Waals surface area contributed by atoms with Crippen LogP contribution in [0.5, 0.6) is 0 Å². The van der Waals surface area contributed by atoms with Crippen molar-refractivity contribution in [3.63, 3.8) is 0 Å². The topological polar surface area (TPSA) is 12.5 Å². The fourth-order valence-corrected chi connectivity index (χ4v) is 0.909. The second kappa shape index (κ2) is 3.42. The molecule has 0 unspecified atom stereocenters. The molecule has 0 N–H and O–H groups in total. The highest BCUT2D eigenvalue weighted by molar-refractivity contribution is 5.15. The molecule has 10 heavy (non-hydrogen) atoms. The summed E-state index contributed by atoms with van der Waals surface area (Å²) in [5, 5.41) is 1.84. The highest BCUT2D eigenvalue weighted by atomic mass is 16.7. The fourth-order valence-electron chi connectivity index (χ4n) is 0.909. The molecule has 0 fully saturated rings. The molecule has 0 saturated heterocycles. The maximum atomic E-state index is 5.26. The van der Waals surface area contributed by atoms with Crippen molar-refractivity contribution in [2.45, 2.75) is 13.8 Å². The van der Waals surface area contributed by atoms with Gasteiger partial charge < -0.3 is 0 Å². The van der Waals surface area contributed by atoms with Crippen LogP contribution in [-0.4, -0.2) is 18.2 Å². The van der Waals surface area contributed by atoms with E-state index in [1.165, 1.54) is 5.57 Å². The van der Waals surface area contributed by atoms with Crippen molar-refractivity contribution >= 4 is 0 Å². The van der Waals surface area contributed by atoms with Crippen LogP contribution in [-0.2, 0) is 4.84 Å². The lowest BCUT2D eigenvalue weighted by molar-refractivity contribution is -0.109. The minimum Gasteiger partial charge on any atom is -0.274 e. The number of allylic oxidation sites excluding steroid dienone is 2. The van der Waals surface area contributed by atoms with Crippen molar-refractivity contribution in [3.05, 3.63) is 23.9 Å². The van der Waals surface area contributed by atoms with Gasteiger partial charge in [0.1, 0.15) is 0 Å². The standard InChI is InChI=1S/C8H13NO/c1-3-10-9-6-4-5-8(2)7-9/h4-6H,3,7H2,1-2H3. The molecular formula is C8H13NO. The Balaban J connectivity index is 2.39. The summed E-state index contributed by atoms with van der Waals surface area (Å²) in [7, 11) is 0. The van der Waals surface area contributed by atoms with Gasteiger partial charge in [0, 0.05) is 6.20 Å². The van der Waals surface area contributed by atoms with E-state index in [-0.39, 0.29) is 0 Å². The van der Waals surface area contributed by atoms with E-state index < -0.39 is 0 Å². The second-order valence-electron chi connectivity index (χ2n) is 2.35. The van der Waals surface area contributed by atoms with Crippen LogP contribution in [0.1, 0.15) is 13.8 Å². The Morgan fingerprint density at radius 3 is 3.10 bits per heavy atom. The predicted octanol–water partition coefficient (Wildman–Crippen LogP) is 1.71. The zero-order valence-corrected chi connectivity index (χ0v) is 6.50. The molecule has 0 aliphatic carbocycles. The molecule has 0 saturated carbocycles. The lowest BCUT2D eigenvalue weighted by atomic mass is 10.2. The van der Waals surface area contributed by atoms with Crippen LogP contribution >= 0.6 is 0 Å². The molecule has 0 aromatic rings. The van der Waals surface area contributed by atoms with E-state index in [2.05, 4.69) is 13.0 Å². The van der Waals surface area contributed by atoms with Crippen molar-refractivity contribution in [1.29, 1.82) is 0 Å². The van der Waals surface area contributed by atoms with Gasteiger partial charge in [0.05, 0.1) is 13.2 Å². The number of rotatable bonds is 2. The van der Waals surface area contributed by atoms with Gasteiger partial charge in [0.25, 0.3) is 0 Å². The lowest BCUT2D eigenvalue weighted by Gasteiger charge is -2.21. The number of hydrogen-bond donors (Lipinski definition) is 0. The van der Waals surface area contributed by atoms with Gasteiger partial charge in [0.15, 0.2) is 0 Å². The van der Waals surface area contributed by atoms with Crippen molar-refractivity contribution < 1.29 is 4.84 Å². The third kappa shape index (κ3) is 1.88. The Morgan fingerprint density at radius 1 is 1.70 bits per heavy atom. The summed E-state index contributed by atoms with van der Waals surface area (Å²) < 4.78 is 0. The summed E-state index contributed by atoms with van der Waals surface area (Å²) >= 11 is 0. The molecule has 1 aliphatic heterocycles. The van der Waals surface area contributed by atoms with Crippen LogP contribution in [0, 0.1) is 0 Å². The van der Waals surface area contributed by atoms with E-state index in [0.29, 0.717) is 0 Å². The molecule has 2 nitrogen and oxygen atoms in total. The zero-order chi connectivity index (χ0) is 7.40. The van der Waals surface area contributed by atoms with Crippen molar-refractivity contribution in [1.82, 2.24) is 5.06 Å². The smallest absolute Gasteiger partial charge is 0.0720 e. The Morgan fingerprint density at radius 2 is 2.50 bits per heavy atom. The summed E-state index contributed by atoms with van der Waals surface area (Å²) in [5.74, 6) is 0. The van der Waals surface area contributed by atoms with Crippen LogP contribution in [0.2, 0.25) is 0 Å². The van der Waals surface area contributed by atoms with Gasteiger partial charge in [-0.3, -0.25) is 9.90 Å². The summed E-state index contributed by atoms with van der Waals surface area (Å²) in [4.78, 5) is 5.26. The normalized spacial score (nSPS) is 17.4. The third-order valence-electron chi connectivity index (χ3n) is 1.33. The number of hydroxylamine groups is 2. The van der Waals surface area contributed by atoms with Crippen LogP contribution in [0.15, 0.2) is 23.9 Å². The van der Waals surface area contributed by atoms with Gasteiger partial charge in [-0.05, 0) is 19.9 Å². The number of nitrogens with zero attached hydrogens (tertiary/aromatic N) is 1. The van der Waals surface area contributed by atoms with Crippen LogP contribution in [0.4, 0.5) is 0 Å². The van der Waals surface area contributed by atoms with Gasteiger partial charge in [-0.15, -0.1) is 0 Å². The zero-order valence-electron chi connectivity index (χ0n) is 6.50. The maximum absolute atomic E-state index is 5.26. The van der Waals surface area contributed by atoms with Gasteiger partial charge in [-0.1, -0.05) is 11.6 Å². The van der Waals surface area contributed by atoms with Gasteiger partial charge in [-0.2, -0.15) is 0 Å². The van der Waals surface area contributed by atoms with Crippen LogP contribution < -0.4 is 0 Å². The molecule has 1 heterocycles. The number of hydrogen-bond acceptors (Lipinski definition) is 2. The molecule has 0 aromatic carbocycles. The fraction of sp³-hybridized carbons (Fsp3) is 0.500. The van der Waals surface area contributed by atoms with E-state index >= 15 is 0 Å². The molecule has 0 amide bonds. The van der Waals surface area contributed by atoms with E-state index in [0.717, 1.165) is 13.2 Å². The van der Waals surface area contributed by atoms with Gasteiger partial charge in [0.2, 0.25) is 0 Å². The average Bonchev–Trinajstić information content (AvgIpc) is 1.88. The quantitative estimate of drug-likeness (QED) is 0.577. The maximum Gasteiger partial charge on any atom is 0.0720 e. The second-order valence-corrected chi connectivity index (χ2v) is 2.35. The first kappa shape index (κ1) is 7.35. The summed E-state index contributed by atoms with van der Waals surface area (Å²) in [6.45, 7) is 5.71. The molecule has 2 heteroatoms. The molecule has 0 aromatic heterocycles. The Hall–Kier alpha value is -0.760. The van der Waals surface area contributed by atoms with Crippen LogP contribution in [0.25, 0.3) is 0 Å². The monoisotopic (exact) mass is 139 g/mol. The molecule has 0 atom stereocenters. The minimum absolute atomic E-state index is 0.734. The van der Waals surface area contributed by atoms with Crippen molar-refractivity contribution in [3.8, 4) is 0 Å². The average molecular weight is 139 g/mol. The lowest BCUT2D eigenvalue weighted by Crippen LogP contribution is -2.21. The van der Waals surface area contributed by atoms with E-state index in [9.17, 15) is 0 Å². The largest absolute Gasteiger partial charge is 0.274 e. The predicted molar refractivity (Wildman–Crippen MR) is 41.2 cm³/mol. The Labute approximate surface area is 61.7 Å². The molecule has 0 spiro atoms. The highest BCUT2D eigenvalue weighted by Crippen LogP contribution is 2.05. The van der Waals surface area contributed by atoms with E-state index in [1.54, 1.807) is 0 Å². The molecule has 0 radical (unpaired) electrons. The molecular weight excluding hydrogens is 126 g/mol. The molecule has 1 aliphatic rings. The molecule has 0 bridgehead atoms. The first-order valence-corrected chi connectivity index (χ1v) is 3.56. The van der Waals surface area contributed by atoms with E-state index in [1.807, 2.05) is 24.3 Å². The SMILES string of the molecule is CCON1C=CC=C(C)C1. The van der Waals surface area contributed by atoms with E-state index in [4.69, 9.17) is 4.84 Å². The van der Waals surface area contributed by atoms with Gasteiger partial charge >= 0.3 is 0 Å². The Kier molecular flexibility index (Phi) is 2.51. The Bertz CT molecular complexity index is 161. The third-order valence-corrected chi connectivity index (χ3v) is 1.33. The first-order chi connectivity index (χ1) is 4.83. The van der Waals surface area contributed by atoms with Crippen molar-refractivity contribution in [2.24, 2.45) is 0 Å². The van der Waals surface area contributed by atoms with Crippen molar-refractivity contribution in [2.75, 3.05) is 13.2 Å². The molecule has 1 rings (SSSR count). The first-order valence-electron chi connectivity index (χ1n) is 3.56. The summed E-state index contributed by atoms with van der Waals surface area (Å²) in [6.07, 6.45) is 6.03.